The molecule has 0 saturated carbocycles. The molecule has 0 aliphatic heterocycles. The second-order valence-electron chi connectivity index (χ2n) is 4.52. The van der Waals surface area contributed by atoms with Gasteiger partial charge in [-0.3, -0.25) is 4.79 Å². The Morgan fingerprint density at radius 1 is 1.32 bits per heavy atom. The first-order valence-corrected chi connectivity index (χ1v) is 6.50. The Kier molecular flexibility index (Phi) is 4.34. The molecule has 4 heteroatoms. The molecule has 0 spiro atoms. The monoisotopic (exact) mass is 258 g/mol. The van der Waals surface area contributed by atoms with E-state index >= 15 is 0 Å². The van der Waals surface area contributed by atoms with E-state index in [0.717, 1.165) is 24.9 Å². The summed E-state index contributed by atoms with van der Waals surface area (Å²) in [6, 6.07) is 11.3. The van der Waals surface area contributed by atoms with Crippen LogP contribution in [0.5, 0.6) is 0 Å². The average Bonchev–Trinajstić information content (AvgIpc) is 2.94. The lowest BCUT2D eigenvalue weighted by Crippen LogP contribution is -2.27. The van der Waals surface area contributed by atoms with Crippen LogP contribution in [0.1, 0.15) is 30.3 Å². The summed E-state index contributed by atoms with van der Waals surface area (Å²) in [5, 5.41) is 3.86. The summed E-state index contributed by atoms with van der Waals surface area (Å²) in [7, 11) is 1.79. The molecule has 0 saturated heterocycles. The first kappa shape index (κ1) is 13.3. The van der Waals surface area contributed by atoms with Gasteiger partial charge in [-0.05, 0) is 6.42 Å². The van der Waals surface area contributed by atoms with Crippen LogP contribution < -0.4 is 0 Å². The number of unbranched alkanes of at least 4 members (excludes halogenated alkanes) is 1. The van der Waals surface area contributed by atoms with Crippen molar-refractivity contribution in [2.24, 2.45) is 0 Å². The summed E-state index contributed by atoms with van der Waals surface area (Å²) in [6.07, 6.45) is 2.05. The molecular formula is C15H18N2O2. The van der Waals surface area contributed by atoms with Gasteiger partial charge in [-0.2, -0.15) is 0 Å². The van der Waals surface area contributed by atoms with Crippen LogP contribution >= 0.6 is 0 Å². The maximum Gasteiger partial charge on any atom is 0.275 e. The number of nitrogens with zero attached hydrogens (tertiary/aromatic N) is 2. The van der Waals surface area contributed by atoms with Crippen LogP contribution in [0.4, 0.5) is 0 Å². The van der Waals surface area contributed by atoms with Gasteiger partial charge in [-0.15, -0.1) is 0 Å². The van der Waals surface area contributed by atoms with Crippen molar-refractivity contribution < 1.29 is 9.32 Å². The SMILES string of the molecule is CCCCN(C)C(=O)c1cc(-c2ccccc2)on1. The van der Waals surface area contributed by atoms with E-state index in [2.05, 4.69) is 12.1 Å². The minimum absolute atomic E-state index is 0.0978. The molecule has 0 N–H and O–H groups in total. The molecule has 0 unspecified atom stereocenters. The molecule has 4 nitrogen and oxygen atoms in total. The number of carbonyl (C=O) groups excluding carboxylic acids is 1. The minimum atomic E-state index is -0.0978. The number of aromatic nitrogens is 1. The van der Waals surface area contributed by atoms with Crippen LogP contribution in [-0.4, -0.2) is 29.6 Å². The van der Waals surface area contributed by atoms with Gasteiger partial charge in [0.05, 0.1) is 0 Å². The van der Waals surface area contributed by atoms with Crippen LogP contribution in [0, 0.1) is 0 Å². The molecule has 0 atom stereocenters. The molecule has 0 bridgehead atoms. The molecule has 1 heterocycles. The lowest BCUT2D eigenvalue weighted by molar-refractivity contribution is 0.0783. The van der Waals surface area contributed by atoms with Crippen LogP contribution in [0.15, 0.2) is 40.9 Å². The molecule has 1 amide bonds. The maximum atomic E-state index is 12.1. The van der Waals surface area contributed by atoms with Gasteiger partial charge in [-0.25, -0.2) is 0 Å². The largest absolute Gasteiger partial charge is 0.355 e. The summed E-state index contributed by atoms with van der Waals surface area (Å²) < 4.78 is 5.23. The summed E-state index contributed by atoms with van der Waals surface area (Å²) in [4.78, 5) is 13.8. The number of hydrogen-bond donors (Lipinski definition) is 0. The van der Waals surface area contributed by atoms with Gasteiger partial charge in [-0.1, -0.05) is 48.8 Å². The molecule has 0 fully saturated rings. The van der Waals surface area contributed by atoms with Gasteiger partial charge in [0.25, 0.3) is 5.91 Å². The fraction of sp³-hybridized carbons (Fsp3) is 0.333. The van der Waals surface area contributed by atoms with Gasteiger partial charge in [0.2, 0.25) is 0 Å². The molecule has 19 heavy (non-hydrogen) atoms. The van der Waals surface area contributed by atoms with E-state index in [1.54, 1.807) is 18.0 Å². The maximum absolute atomic E-state index is 12.1. The van der Waals surface area contributed by atoms with Crippen molar-refractivity contribution in [3.05, 3.63) is 42.1 Å². The highest BCUT2D eigenvalue weighted by molar-refractivity contribution is 5.92. The molecule has 0 aliphatic carbocycles. The third-order valence-electron chi connectivity index (χ3n) is 2.98. The lowest BCUT2D eigenvalue weighted by Gasteiger charge is -2.14. The van der Waals surface area contributed by atoms with Crippen LogP contribution in [0.25, 0.3) is 11.3 Å². The smallest absolute Gasteiger partial charge is 0.275 e. The predicted octanol–water partition coefficient (Wildman–Crippen LogP) is 3.21. The Labute approximate surface area is 113 Å². The Bertz CT molecular complexity index is 534. The number of carbonyl (C=O) groups is 1. The first-order chi connectivity index (χ1) is 9.22. The van der Waals surface area contributed by atoms with Crippen LogP contribution in [0.3, 0.4) is 0 Å². The third-order valence-corrected chi connectivity index (χ3v) is 2.98. The van der Waals surface area contributed by atoms with E-state index in [9.17, 15) is 4.79 Å². The molecule has 1 aromatic carbocycles. The van der Waals surface area contributed by atoms with Crippen molar-refractivity contribution in [3.8, 4) is 11.3 Å². The number of benzene rings is 1. The van der Waals surface area contributed by atoms with Gasteiger partial charge in [0.15, 0.2) is 11.5 Å². The van der Waals surface area contributed by atoms with Gasteiger partial charge in [0.1, 0.15) is 0 Å². The zero-order valence-electron chi connectivity index (χ0n) is 11.3. The zero-order chi connectivity index (χ0) is 13.7. The van der Waals surface area contributed by atoms with Crippen molar-refractivity contribution in [2.75, 3.05) is 13.6 Å². The third kappa shape index (κ3) is 3.22. The first-order valence-electron chi connectivity index (χ1n) is 6.50. The Morgan fingerprint density at radius 3 is 2.74 bits per heavy atom. The summed E-state index contributed by atoms with van der Waals surface area (Å²) in [6.45, 7) is 2.84. The van der Waals surface area contributed by atoms with Crippen molar-refractivity contribution in [1.29, 1.82) is 0 Å². The summed E-state index contributed by atoms with van der Waals surface area (Å²) in [5.41, 5.74) is 1.28. The Balaban J connectivity index is 2.11. The molecule has 0 radical (unpaired) electrons. The quantitative estimate of drug-likeness (QED) is 0.827. The van der Waals surface area contributed by atoms with E-state index in [-0.39, 0.29) is 5.91 Å². The van der Waals surface area contributed by atoms with Crippen molar-refractivity contribution >= 4 is 5.91 Å². The molecular weight excluding hydrogens is 240 g/mol. The van der Waals surface area contributed by atoms with E-state index in [1.807, 2.05) is 30.3 Å². The molecule has 2 rings (SSSR count). The number of hydrogen-bond acceptors (Lipinski definition) is 3. The van der Waals surface area contributed by atoms with Crippen molar-refractivity contribution in [3.63, 3.8) is 0 Å². The van der Waals surface area contributed by atoms with Crippen LogP contribution in [0.2, 0.25) is 0 Å². The second kappa shape index (κ2) is 6.18. The Hall–Kier alpha value is -2.10. The summed E-state index contributed by atoms with van der Waals surface area (Å²) >= 11 is 0. The topological polar surface area (TPSA) is 46.3 Å². The van der Waals surface area contributed by atoms with Crippen molar-refractivity contribution in [1.82, 2.24) is 10.1 Å². The van der Waals surface area contributed by atoms with E-state index in [4.69, 9.17) is 4.52 Å². The number of rotatable bonds is 5. The van der Waals surface area contributed by atoms with E-state index in [0.29, 0.717) is 11.5 Å². The highest BCUT2D eigenvalue weighted by Crippen LogP contribution is 2.20. The number of amides is 1. The van der Waals surface area contributed by atoms with Crippen molar-refractivity contribution in [2.45, 2.75) is 19.8 Å². The molecule has 2 aromatic rings. The Morgan fingerprint density at radius 2 is 2.05 bits per heavy atom. The average molecular weight is 258 g/mol. The van der Waals surface area contributed by atoms with E-state index < -0.39 is 0 Å². The highest BCUT2D eigenvalue weighted by atomic mass is 16.5. The molecule has 0 aliphatic rings. The minimum Gasteiger partial charge on any atom is -0.355 e. The van der Waals surface area contributed by atoms with E-state index in [1.165, 1.54) is 0 Å². The van der Waals surface area contributed by atoms with Gasteiger partial charge in [0, 0.05) is 25.2 Å². The highest BCUT2D eigenvalue weighted by Gasteiger charge is 2.16. The van der Waals surface area contributed by atoms with Gasteiger partial charge < -0.3 is 9.42 Å². The fourth-order valence-corrected chi connectivity index (χ4v) is 1.81. The molecule has 100 valence electrons. The predicted molar refractivity (Wildman–Crippen MR) is 73.8 cm³/mol. The zero-order valence-corrected chi connectivity index (χ0v) is 11.3. The second-order valence-corrected chi connectivity index (χ2v) is 4.52. The van der Waals surface area contributed by atoms with Gasteiger partial charge >= 0.3 is 0 Å². The summed E-state index contributed by atoms with van der Waals surface area (Å²) in [5.74, 6) is 0.521. The normalized spacial score (nSPS) is 10.4. The van der Waals surface area contributed by atoms with Crippen LogP contribution in [-0.2, 0) is 0 Å². The lowest BCUT2D eigenvalue weighted by atomic mass is 10.1. The standard InChI is InChI=1S/C15H18N2O2/c1-3-4-10-17(2)15(18)13-11-14(19-16-13)12-8-6-5-7-9-12/h5-9,11H,3-4,10H2,1-2H3. The molecule has 1 aromatic heterocycles. The fourth-order valence-electron chi connectivity index (χ4n) is 1.81.